The Kier molecular flexibility index (Phi) is 7.13. The number of halogens is 3. The van der Waals surface area contributed by atoms with Crippen molar-refractivity contribution in [3.8, 4) is 5.75 Å². The van der Waals surface area contributed by atoms with E-state index in [0.717, 1.165) is 40.4 Å². The molecule has 1 saturated heterocycles. The molecular formula is C21H21ClF2N4O3S2. The highest BCUT2D eigenvalue weighted by molar-refractivity contribution is 7.93. The van der Waals surface area contributed by atoms with E-state index in [1.54, 1.807) is 0 Å². The summed E-state index contributed by atoms with van der Waals surface area (Å²) in [5.74, 6) is -2.25. The molecule has 1 fully saturated rings. The number of ether oxygens (including phenoxy) is 1. The maximum Gasteiger partial charge on any atom is 0.268 e. The minimum atomic E-state index is -4.37. The Bertz CT molecular complexity index is 1210. The van der Waals surface area contributed by atoms with Gasteiger partial charge in [0.2, 0.25) is 5.13 Å². The second kappa shape index (κ2) is 9.88. The standard InChI is InChI=1S/C21H21ClF2N4O3S2/c1-28(21-26-12-27-32-21)33(29,30)20-9-17(23)19(8-18(20)24)31-11-14-10-25-7-6-16(14)13-2-4-15(22)5-3-13/h2-5,8-9,12,14,16,25H,6-7,10-11H2,1H3/t14-,16-/m1/s1. The number of piperidine rings is 1. The van der Waals surface area contributed by atoms with Crippen molar-refractivity contribution in [1.29, 1.82) is 0 Å². The quantitative estimate of drug-likeness (QED) is 0.512. The third-order valence-corrected chi connectivity index (χ3v) is 8.48. The Balaban J connectivity index is 1.52. The highest BCUT2D eigenvalue weighted by Gasteiger charge is 2.30. The van der Waals surface area contributed by atoms with E-state index in [1.807, 2.05) is 24.3 Å². The number of anilines is 1. The van der Waals surface area contributed by atoms with E-state index in [0.29, 0.717) is 17.6 Å². The number of sulfonamides is 1. The summed E-state index contributed by atoms with van der Waals surface area (Å²) in [6, 6.07) is 8.96. The molecule has 0 amide bonds. The summed E-state index contributed by atoms with van der Waals surface area (Å²) in [7, 11) is -3.17. The van der Waals surface area contributed by atoms with Crippen LogP contribution in [0.2, 0.25) is 5.02 Å². The van der Waals surface area contributed by atoms with Crippen LogP contribution < -0.4 is 14.4 Å². The van der Waals surface area contributed by atoms with Gasteiger partial charge in [0.15, 0.2) is 11.6 Å². The molecule has 7 nitrogen and oxygen atoms in total. The van der Waals surface area contributed by atoms with Gasteiger partial charge in [-0.3, -0.25) is 0 Å². The van der Waals surface area contributed by atoms with Gasteiger partial charge >= 0.3 is 0 Å². The molecule has 2 atom stereocenters. The molecule has 2 heterocycles. The normalized spacial score (nSPS) is 18.8. The predicted octanol–water partition coefficient (Wildman–Crippen LogP) is 4.07. The maximum absolute atomic E-state index is 14.8. The first-order chi connectivity index (χ1) is 15.8. The molecular weight excluding hydrogens is 494 g/mol. The molecule has 0 saturated carbocycles. The highest BCUT2D eigenvalue weighted by atomic mass is 35.5. The summed E-state index contributed by atoms with van der Waals surface area (Å²) in [5, 5.41) is 3.97. The predicted molar refractivity (Wildman–Crippen MR) is 123 cm³/mol. The summed E-state index contributed by atoms with van der Waals surface area (Å²) in [6.45, 7) is 1.62. The van der Waals surface area contributed by atoms with Crippen molar-refractivity contribution in [2.45, 2.75) is 17.2 Å². The first kappa shape index (κ1) is 23.8. The largest absolute Gasteiger partial charge is 0.490 e. The van der Waals surface area contributed by atoms with Gasteiger partial charge in [-0.2, -0.15) is 4.37 Å². The van der Waals surface area contributed by atoms with Crippen LogP contribution in [0.3, 0.4) is 0 Å². The average molecular weight is 515 g/mol. The number of aromatic nitrogens is 2. The fraction of sp³-hybridized carbons (Fsp3) is 0.333. The first-order valence-electron chi connectivity index (χ1n) is 10.1. The minimum Gasteiger partial charge on any atom is -0.490 e. The molecule has 176 valence electrons. The van der Waals surface area contributed by atoms with Gasteiger partial charge in [0.05, 0.1) is 6.61 Å². The van der Waals surface area contributed by atoms with E-state index in [2.05, 4.69) is 14.7 Å². The van der Waals surface area contributed by atoms with Gasteiger partial charge in [-0.05, 0) is 36.6 Å². The topological polar surface area (TPSA) is 84.4 Å². The third kappa shape index (κ3) is 5.11. The number of nitrogens with zero attached hydrogens (tertiary/aromatic N) is 3. The lowest BCUT2D eigenvalue weighted by Gasteiger charge is -2.32. The Morgan fingerprint density at radius 3 is 2.70 bits per heavy atom. The van der Waals surface area contributed by atoms with Crippen LogP contribution in [0.15, 0.2) is 47.6 Å². The van der Waals surface area contributed by atoms with E-state index < -0.39 is 26.6 Å². The molecule has 0 aliphatic carbocycles. The fourth-order valence-corrected chi connectivity index (χ4v) is 5.84. The molecule has 0 spiro atoms. The van der Waals surface area contributed by atoms with Crippen molar-refractivity contribution in [2.24, 2.45) is 5.92 Å². The summed E-state index contributed by atoms with van der Waals surface area (Å²) in [6.07, 6.45) is 2.04. The van der Waals surface area contributed by atoms with Crippen LogP contribution in [0, 0.1) is 17.6 Å². The highest BCUT2D eigenvalue weighted by Crippen LogP contribution is 2.33. The van der Waals surface area contributed by atoms with Gasteiger partial charge in [-0.25, -0.2) is 26.5 Å². The molecule has 33 heavy (non-hydrogen) atoms. The molecule has 1 aliphatic rings. The van der Waals surface area contributed by atoms with E-state index in [1.165, 1.54) is 13.4 Å². The van der Waals surface area contributed by atoms with Crippen molar-refractivity contribution in [3.63, 3.8) is 0 Å². The van der Waals surface area contributed by atoms with Crippen LogP contribution in [-0.4, -0.2) is 44.5 Å². The molecule has 3 aromatic rings. The molecule has 0 bridgehead atoms. The summed E-state index contributed by atoms with van der Waals surface area (Å²) in [5.41, 5.74) is 1.10. The van der Waals surface area contributed by atoms with Crippen LogP contribution in [-0.2, 0) is 10.0 Å². The second-order valence-electron chi connectivity index (χ2n) is 7.63. The Morgan fingerprint density at radius 1 is 1.24 bits per heavy atom. The molecule has 12 heteroatoms. The monoisotopic (exact) mass is 514 g/mol. The van der Waals surface area contributed by atoms with Crippen molar-refractivity contribution < 1.29 is 21.9 Å². The van der Waals surface area contributed by atoms with Gasteiger partial charge < -0.3 is 10.1 Å². The molecule has 0 unspecified atom stereocenters. The average Bonchev–Trinajstić information content (AvgIpc) is 3.34. The number of hydrogen-bond donors (Lipinski definition) is 1. The molecule has 1 aliphatic heterocycles. The molecule has 1 N–H and O–H groups in total. The van der Waals surface area contributed by atoms with Crippen LogP contribution >= 0.6 is 23.1 Å². The van der Waals surface area contributed by atoms with Crippen LogP contribution in [0.4, 0.5) is 13.9 Å². The Labute approximate surface area is 199 Å². The van der Waals surface area contributed by atoms with Crippen molar-refractivity contribution in [1.82, 2.24) is 14.7 Å². The summed E-state index contributed by atoms with van der Waals surface area (Å²) >= 11 is 6.81. The lowest BCUT2D eigenvalue weighted by atomic mass is 9.81. The fourth-order valence-electron chi connectivity index (χ4n) is 3.82. The van der Waals surface area contributed by atoms with Gasteiger partial charge in [0, 0.05) is 48.2 Å². The molecule has 4 rings (SSSR count). The van der Waals surface area contributed by atoms with Crippen LogP contribution in [0.1, 0.15) is 17.9 Å². The zero-order valence-electron chi connectivity index (χ0n) is 17.5. The smallest absolute Gasteiger partial charge is 0.268 e. The van der Waals surface area contributed by atoms with Crippen molar-refractivity contribution in [2.75, 3.05) is 31.0 Å². The number of nitrogens with one attached hydrogen (secondary N) is 1. The Morgan fingerprint density at radius 2 is 2.00 bits per heavy atom. The Hall–Kier alpha value is -2.34. The van der Waals surface area contributed by atoms with E-state index in [9.17, 15) is 17.2 Å². The lowest BCUT2D eigenvalue weighted by molar-refractivity contribution is 0.190. The van der Waals surface area contributed by atoms with Gasteiger partial charge in [0.25, 0.3) is 10.0 Å². The van der Waals surface area contributed by atoms with Gasteiger partial charge in [0.1, 0.15) is 17.0 Å². The summed E-state index contributed by atoms with van der Waals surface area (Å²) < 4.78 is 65.1. The third-order valence-electron chi connectivity index (χ3n) is 5.60. The molecule has 2 aromatic carbocycles. The van der Waals surface area contributed by atoms with Crippen molar-refractivity contribution in [3.05, 3.63) is 64.9 Å². The van der Waals surface area contributed by atoms with Crippen LogP contribution in [0.25, 0.3) is 0 Å². The molecule has 0 radical (unpaired) electrons. The zero-order chi connectivity index (χ0) is 23.6. The lowest BCUT2D eigenvalue weighted by Crippen LogP contribution is -2.38. The van der Waals surface area contributed by atoms with E-state index in [4.69, 9.17) is 16.3 Å². The van der Waals surface area contributed by atoms with Gasteiger partial charge in [-0.15, -0.1) is 0 Å². The zero-order valence-corrected chi connectivity index (χ0v) is 19.9. The summed E-state index contributed by atoms with van der Waals surface area (Å²) in [4.78, 5) is 2.99. The maximum atomic E-state index is 14.8. The van der Waals surface area contributed by atoms with Gasteiger partial charge in [-0.1, -0.05) is 23.7 Å². The van der Waals surface area contributed by atoms with Crippen LogP contribution in [0.5, 0.6) is 5.75 Å². The van der Waals surface area contributed by atoms with E-state index >= 15 is 0 Å². The van der Waals surface area contributed by atoms with E-state index in [-0.39, 0.29) is 29.3 Å². The molecule has 1 aromatic heterocycles. The first-order valence-corrected chi connectivity index (χ1v) is 12.7. The van der Waals surface area contributed by atoms with Crippen molar-refractivity contribution >= 4 is 38.3 Å². The number of rotatable bonds is 7. The number of hydrogen-bond acceptors (Lipinski definition) is 7. The minimum absolute atomic E-state index is 0.00864. The SMILES string of the molecule is CN(c1ncns1)S(=O)(=O)c1cc(F)c(OC[C@H]2CNCC[C@@H]2c2ccc(Cl)cc2)cc1F. The second-order valence-corrected chi connectivity index (χ2v) is 10.8. The number of benzene rings is 2.